The highest BCUT2D eigenvalue weighted by atomic mass is 35.5. The Hall–Kier alpha value is -1.16. The molecule has 0 radical (unpaired) electrons. The molecule has 0 fully saturated rings. The van der Waals surface area contributed by atoms with Crippen LogP contribution in [-0.4, -0.2) is 23.7 Å². The predicted molar refractivity (Wildman–Crippen MR) is 82.4 cm³/mol. The third-order valence-corrected chi connectivity index (χ3v) is 3.47. The van der Waals surface area contributed by atoms with Crippen molar-refractivity contribution in [3.05, 3.63) is 46.0 Å². The number of hydrogen-bond donors (Lipinski definition) is 0. The lowest BCUT2D eigenvalue weighted by Gasteiger charge is -2.09. The molecule has 1 aromatic heterocycles. The number of methoxy groups -OCH3 is 1. The third-order valence-electron chi connectivity index (χ3n) is 2.92. The monoisotopic (exact) mass is 310 g/mol. The van der Waals surface area contributed by atoms with Crippen molar-refractivity contribution in [2.75, 3.05) is 13.7 Å². The largest absolute Gasteiger partial charge is 0.385 e. The van der Waals surface area contributed by atoms with E-state index in [2.05, 4.69) is 9.97 Å². The standard InChI is InChI=1S/C15H16Cl2N2O/c1-10-5-3-6-11(9-10)13-14(16)18-12(19-15(13)17)7-4-8-20-2/h3,5-6,9H,4,7-8H2,1-2H3. The molecule has 2 rings (SSSR count). The first-order valence-electron chi connectivity index (χ1n) is 6.39. The Labute approximate surface area is 128 Å². The van der Waals surface area contributed by atoms with Crippen molar-refractivity contribution >= 4 is 23.2 Å². The van der Waals surface area contributed by atoms with Crippen LogP contribution in [0.3, 0.4) is 0 Å². The van der Waals surface area contributed by atoms with Gasteiger partial charge >= 0.3 is 0 Å². The van der Waals surface area contributed by atoms with Gasteiger partial charge in [0.2, 0.25) is 0 Å². The minimum Gasteiger partial charge on any atom is -0.385 e. The highest BCUT2D eigenvalue weighted by molar-refractivity contribution is 6.37. The van der Waals surface area contributed by atoms with Crippen LogP contribution in [0.5, 0.6) is 0 Å². The van der Waals surface area contributed by atoms with Gasteiger partial charge in [0.1, 0.15) is 16.1 Å². The average molecular weight is 311 g/mol. The van der Waals surface area contributed by atoms with E-state index in [1.165, 1.54) is 0 Å². The van der Waals surface area contributed by atoms with E-state index in [0.29, 0.717) is 34.7 Å². The molecule has 0 saturated heterocycles. The molecule has 0 saturated carbocycles. The van der Waals surface area contributed by atoms with Crippen LogP contribution in [0, 0.1) is 6.92 Å². The number of halogens is 2. The number of aryl methyl sites for hydroxylation is 2. The van der Waals surface area contributed by atoms with E-state index in [1.54, 1.807) is 7.11 Å². The first-order valence-corrected chi connectivity index (χ1v) is 7.15. The number of aromatic nitrogens is 2. The Morgan fingerprint density at radius 3 is 2.45 bits per heavy atom. The molecule has 1 aromatic carbocycles. The quantitative estimate of drug-likeness (QED) is 0.608. The van der Waals surface area contributed by atoms with Crippen LogP contribution < -0.4 is 0 Å². The van der Waals surface area contributed by atoms with Crippen molar-refractivity contribution in [2.45, 2.75) is 19.8 Å². The Morgan fingerprint density at radius 1 is 1.15 bits per heavy atom. The van der Waals surface area contributed by atoms with Crippen molar-refractivity contribution in [3.8, 4) is 11.1 Å². The van der Waals surface area contributed by atoms with Gasteiger partial charge in [0.25, 0.3) is 0 Å². The highest BCUT2D eigenvalue weighted by Gasteiger charge is 2.13. The summed E-state index contributed by atoms with van der Waals surface area (Å²) in [7, 11) is 1.67. The van der Waals surface area contributed by atoms with Gasteiger partial charge in [-0.2, -0.15) is 0 Å². The summed E-state index contributed by atoms with van der Waals surface area (Å²) in [5, 5.41) is 0.783. The number of benzene rings is 1. The summed E-state index contributed by atoms with van der Waals surface area (Å²) in [6, 6.07) is 7.95. The summed E-state index contributed by atoms with van der Waals surface area (Å²) in [5.41, 5.74) is 2.76. The van der Waals surface area contributed by atoms with Crippen molar-refractivity contribution in [1.29, 1.82) is 0 Å². The van der Waals surface area contributed by atoms with Crippen molar-refractivity contribution in [3.63, 3.8) is 0 Å². The lowest BCUT2D eigenvalue weighted by Crippen LogP contribution is -2.01. The zero-order chi connectivity index (χ0) is 14.5. The van der Waals surface area contributed by atoms with Gasteiger partial charge in [0.05, 0.1) is 5.56 Å². The summed E-state index contributed by atoms with van der Waals surface area (Å²) in [6.45, 7) is 2.68. The van der Waals surface area contributed by atoms with Crippen molar-refractivity contribution in [2.24, 2.45) is 0 Å². The SMILES string of the molecule is COCCCc1nc(Cl)c(-c2cccc(C)c2)c(Cl)n1. The molecule has 0 bridgehead atoms. The molecule has 0 amide bonds. The molecule has 0 spiro atoms. The molecule has 0 aliphatic heterocycles. The normalized spacial score (nSPS) is 10.8. The minimum atomic E-state index is 0.392. The second kappa shape index (κ2) is 7.02. The summed E-state index contributed by atoms with van der Waals surface area (Å²) < 4.78 is 5.01. The number of rotatable bonds is 5. The van der Waals surface area contributed by atoms with Crippen LogP contribution in [0.15, 0.2) is 24.3 Å². The molecule has 2 aromatic rings. The molecule has 1 heterocycles. The fraction of sp³-hybridized carbons (Fsp3) is 0.333. The maximum atomic E-state index is 6.27. The average Bonchev–Trinajstić information content (AvgIpc) is 2.38. The highest BCUT2D eigenvalue weighted by Crippen LogP contribution is 2.32. The van der Waals surface area contributed by atoms with E-state index in [1.807, 2.05) is 31.2 Å². The molecule has 5 heteroatoms. The number of hydrogen-bond acceptors (Lipinski definition) is 3. The Balaban J connectivity index is 2.31. The predicted octanol–water partition coefficient (Wildman–Crippen LogP) is 4.34. The van der Waals surface area contributed by atoms with E-state index >= 15 is 0 Å². The zero-order valence-electron chi connectivity index (χ0n) is 11.5. The second-order valence-corrected chi connectivity index (χ2v) is 5.28. The minimum absolute atomic E-state index is 0.392. The van der Waals surface area contributed by atoms with Crippen LogP contribution in [0.2, 0.25) is 10.3 Å². The Kier molecular flexibility index (Phi) is 5.35. The van der Waals surface area contributed by atoms with Gasteiger partial charge in [0.15, 0.2) is 0 Å². The van der Waals surface area contributed by atoms with Crippen LogP contribution in [-0.2, 0) is 11.2 Å². The summed E-state index contributed by atoms with van der Waals surface area (Å²) in [5.74, 6) is 0.647. The maximum Gasteiger partial charge on any atom is 0.142 e. The van der Waals surface area contributed by atoms with Gasteiger partial charge in [-0.1, -0.05) is 53.0 Å². The molecule has 0 aliphatic carbocycles. The van der Waals surface area contributed by atoms with Gasteiger partial charge < -0.3 is 4.74 Å². The Bertz CT molecular complexity index is 579. The summed E-state index contributed by atoms with van der Waals surface area (Å²) in [6.07, 6.45) is 1.54. The van der Waals surface area contributed by atoms with E-state index in [9.17, 15) is 0 Å². The van der Waals surface area contributed by atoms with Crippen LogP contribution in [0.4, 0.5) is 0 Å². The van der Waals surface area contributed by atoms with E-state index in [4.69, 9.17) is 27.9 Å². The first kappa shape index (κ1) is 15.2. The lowest BCUT2D eigenvalue weighted by atomic mass is 10.1. The van der Waals surface area contributed by atoms with Gasteiger partial charge in [-0.05, 0) is 18.9 Å². The second-order valence-electron chi connectivity index (χ2n) is 4.56. The maximum absolute atomic E-state index is 6.27. The molecule has 106 valence electrons. The Morgan fingerprint density at radius 2 is 1.85 bits per heavy atom. The van der Waals surface area contributed by atoms with Crippen LogP contribution in [0.1, 0.15) is 17.8 Å². The fourth-order valence-corrected chi connectivity index (χ4v) is 2.61. The molecular weight excluding hydrogens is 295 g/mol. The number of nitrogens with zero attached hydrogens (tertiary/aromatic N) is 2. The molecule has 0 aliphatic rings. The molecule has 20 heavy (non-hydrogen) atoms. The van der Waals surface area contributed by atoms with Crippen LogP contribution >= 0.6 is 23.2 Å². The zero-order valence-corrected chi connectivity index (χ0v) is 13.0. The topological polar surface area (TPSA) is 35.0 Å². The van der Waals surface area contributed by atoms with Crippen molar-refractivity contribution in [1.82, 2.24) is 9.97 Å². The molecular formula is C15H16Cl2N2O. The molecule has 3 nitrogen and oxygen atoms in total. The molecule has 0 unspecified atom stereocenters. The number of ether oxygens (including phenoxy) is 1. The fourth-order valence-electron chi connectivity index (χ4n) is 1.97. The first-order chi connectivity index (χ1) is 9.61. The van der Waals surface area contributed by atoms with Gasteiger partial charge in [-0.25, -0.2) is 9.97 Å². The van der Waals surface area contributed by atoms with Gasteiger partial charge in [-0.15, -0.1) is 0 Å². The summed E-state index contributed by atoms with van der Waals surface area (Å²) >= 11 is 12.5. The lowest BCUT2D eigenvalue weighted by molar-refractivity contribution is 0.194. The van der Waals surface area contributed by atoms with Gasteiger partial charge in [-0.3, -0.25) is 0 Å². The van der Waals surface area contributed by atoms with Crippen molar-refractivity contribution < 1.29 is 4.74 Å². The third kappa shape index (κ3) is 3.69. The smallest absolute Gasteiger partial charge is 0.142 e. The summed E-state index contributed by atoms with van der Waals surface area (Å²) in [4.78, 5) is 8.65. The van der Waals surface area contributed by atoms with E-state index in [-0.39, 0.29) is 0 Å². The molecule has 0 atom stereocenters. The van der Waals surface area contributed by atoms with Gasteiger partial charge in [0, 0.05) is 20.1 Å². The van der Waals surface area contributed by atoms with E-state index in [0.717, 1.165) is 17.5 Å². The van der Waals surface area contributed by atoms with E-state index < -0.39 is 0 Å². The van der Waals surface area contributed by atoms with Crippen LogP contribution in [0.25, 0.3) is 11.1 Å². The molecule has 0 N–H and O–H groups in total.